The van der Waals surface area contributed by atoms with Crippen LogP contribution in [-0.2, 0) is 5.60 Å². The van der Waals surface area contributed by atoms with Crippen LogP contribution < -0.4 is 11.1 Å². The average molecular weight is 407 g/mol. The molecule has 0 bridgehead atoms. The Balaban J connectivity index is 0.00000117. The second kappa shape index (κ2) is 8.42. The van der Waals surface area contributed by atoms with Crippen LogP contribution in [0.2, 0.25) is 0 Å². The van der Waals surface area contributed by atoms with E-state index in [0.717, 1.165) is 18.9 Å². The molecule has 2 heterocycles. The zero-order valence-electron chi connectivity index (χ0n) is 17.0. The highest BCUT2D eigenvalue weighted by Gasteiger charge is 2.41. The fraction of sp³-hybridized carbons (Fsp3) is 0.500. The lowest BCUT2D eigenvalue weighted by molar-refractivity contribution is -0.0178. The molecule has 0 radical (unpaired) electrons. The Labute approximate surface area is 169 Å². The lowest BCUT2D eigenvalue weighted by atomic mass is 9.85. The van der Waals surface area contributed by atoms with Crippen LogP contribution >= 0.6 is 0 Å². The second-order valence-electron chi connectivity index (χ2n) is 7.65. The number of pyridine rings is 1. The molecule has 0 spiro atoms. The van der Waals surface area contributed by atoms with Gasteiger partial charge in [-0.3, -0.25) is 0 Å². The van der Waals surface area contributed by atoms with E-state index in [1.807, 2.05) is 13.8 Å². The van der Waals surface area contributed by atoms with Gasteiger partial charge in [-0.15, -0.1) is 0 Å². The van der Waals surface area contributed by atoms with E-state index < -0.39 is 23.1 Å². The Bertz CT molecular complexity index is 895. The third kappa shape index (κ3) is 4.04. The molecule has 1 saturated heterocycles. The van der Waals surface area contributed by atoms with E-state index in [2.05, 4.69) is 10.3 Å². The van der Waals surface area contributed by atoms with E-state index in [9.17, 15) is 13.9 Å². The van der Waals surface area contributed by atoms with Gasteiger partial charge in [0.25, 0.3) is 0 Å². The predicted octanol–water partition coefficient (Wildman–Crippen LogP) is 3.74. The molecule has 158 valence electrons. The smallest absolute Gasteiger partial charge is 0.155 e. The molecule has 1 aromatic carbocycles. The van der Waals surface area contributed by atoms with Gasteiger partial charge < -0.3 is 16.2 Å². The summed E-state index contributed by atoms with van der Waals surface area (Å²) in [5, 5.41) is 13.6. The molecule has 2 aromatic rings. The number of benzene rings is 1. The first-order chi connectivity index (χ1) is 13.8. The Morgan fingerprint density at radius 1 is 1.17 bits per heavy atom. The van der Waals surface area contributed by atoms with Gasteiger partial charge in [0.15, 0.2) is 5.82 Å². The van der Waals surface area contributed by atoms with E-state index >= 15 is 4.39 Å². The summed E-state index contributed by atoms with van der Waals surface area (Å²) < 4.78 is 43.4. The van der Waals surface area contributed by atoms with Gasteiger partial charge in [-0.2, -0.15) is 0 Å². The third-order valence-corrected chi connectivity index (χ3v) is 5.64. The number of aromatic nitrogens is 1. The number of β-amino-alcohol motifs (C(OH)–C–C–N with tert-alkyl or cyclic N) is 1. The van der Waals surface area contributed by atoms with Gasteiger partial charge in [0.1, 0.15) is 22.9 Å². The lowest BCUT2D eigenvalue weighted by Crippen LogP contribution is -2.57. The number of nitrogens with one attached hydrogen (secondary N) is 1. The van der Waals surface area contributed by atoms with E-state index in [4.69, 9.17) is 5.73 Å². The van der Waals surface area contributed by atoms with E-state index in [1.165, 1.54) is 13.0 Å². The summed E-state index contributed by atoms with van der Waals surface area (Å²) in [5.74, 6) is -2.08. The molecule has 4 N–H and O–H groups in total. The van der Waals surface area contributed by atoms with E-state index in [0.29, 0.717) is 18.2 Å². The van der Waals surface area contributed by atoms with Gasteiger partial charge in [0.05, 0.1) is 0 Å². The first-order valence-corrected chi connectivity index (χ1v) is 10.1. The fourth-order valence-corrected chi connectivity index (χ4v) is 3.70. The molecule has 29 heavy (non-hydrogen) atoms. The minimum absolute atomic E-state index is 0.0793. The van der Waals surface area contributed by atoms with Crippen LogP contribution in [0.4, 0.5) is 13.2 Å². The molecule has 0 amide bonds. The largest absolute Gasteiger partial charge is 0.382 e. The maximum Gasteiger partial charge on any atom is 0.155 e. The number of nitrogens with two attached hydrogens (primary N) is 1. The number of rotatable bonds is 5. The van der Waals surface area contributed by atoms with Crippen molar-refractivity contribution in [1.82, 2.24) is 10.3 Å². The summed E-state index contributed by atoms with van der Waals surface area (Å²) in [6.07, 6.45) is 2.03. The molecule has 2 fully saturated rings. The summed E-state index contributed by atoms with van der Waals surface area (Å²) in [4.78, 5) is 4.39. The Morgan fingerprint density at radius 2 is 1.83 bits per heavy atom. The van der Waals surface area contributed by atoms with Crippen LogP contribution in [-0.4, -0.2) is 29.7 Å². The standard InChI is InChI=1S/C20H22F3N3O.C2H6/c1-10-4-12(16(22)6-15(10)21)19-18(23)14(20(27)8-25-9-20)5-17(26-19)13(7-24)11-2-3-11;1-2/h4-6,11,13,25,27H,2-3,7-9,24H2,1H3;1-2H3. The Morgan fingerprint density at radius 3 is 2.34 bits per heavy atom. The minimum Gasteiger partial charge on any atom is -0.382 e. The molecule has 4 nitrogen and oxygen atoms in total. The highest BCUT2D eigenvalue weighted by atomic mass is 19.1. The minimum atomic E-state index is -1.37. The molecular weight excluding hydrogens is 379 g/mol. The van der Waals surface area contributed by atoms with Crippen molar-refractivity contribution in [1.29, 1.82) is 0 Å². The lowest BCUT2D eigenvalue weighted by Gasteiger charge is -2.38. The topological polar surface area (TPSA) is 71.2 Å². The maximum absolute atomic E-state index is 15.3. The first kappa shape index (κ1) is 21.7. The van der Waals surface area contributed by atoms with Crippen molar-refractivity contribution >= 4 is 0 Å². The molecule has 1 unspecified atom stereocenters. The summed E-state index contributed by atoms with van der Waals surface area (Å²) >= 11 is 0. The quantitative estimate of drug-likeness (QED) is 0.706. The van der Waals surface area contributed by atoms with Crippen LogP contribution in [0.1, 0.15) is 49.4 Å². The molecular formula is C22H28F3N3O. The molecule has 4 rings (SSSR count). The molecule has 1 aromatic heterocycles. The molecule has 1 saturated carbocycles. The fourth-order valence-electron chi connectivity index (χ4n) is 3.70. The van der Waals surface area contributed by atoms with Gasteiger partial charge in [-0.05, 0) is 43.4 Å². The summed E-state index contributed by atoms with van der Waals surface area (Å²) in [5.41, 5.74) is 5.06. The number of nitrogens with zero attached hydrogens (tertiary/aromatic N) is 1. The van der Waals surface area contributed by atoms with E-state index in [-0.39, 0.29) is 41.4 Å². The number of aryl methyl sites for hydroxylation is 1. The molecule has 1 aliphatic heterocycles. The monoisotopic (exact) mass is 407 g/mol. The first-order valence-electron chi connectivity index (χ1n) is 10.1. The van der Waals surface area contributed by atoms with Crippen molar-refractivity contribution in [3.05, 3.63) is 52.5 Å². The predicted molar refractivity (Wildman–Crippen MR) is 107 cm³/mol. The van der Waals surface area contributed by atoms with Crippen molar-refractivity contribution in [2.75, 3.05) is 19.6 Å². The second-order valence-corrected chi connectivity index (χ2v) is 7.65. The number of halogens is 3. The highest BCUT2D eigenvalue weighted by Crippen LogP contribution is 2.43. The SMILES string of the molecule is CC.Cc1cc(-c2nc(C(CN)C3CC3)cc(C3(O)CNC3)c2F)c(F)cc1F. The van der Waals surface area contributed by atoms with Gasteiger partial charge in [0, 0.05) is 48.4 Å². The van der Waals surface area contributed by atoms with Gasteiger partial charge in [-0.25, -0.2) is 18.2 Å². The molecule has 2 aliphatic rings. The Hall–Kier alpha value is -1.96. The average Bonchev–Trinajstić information content (AvgIpc) is 3.51. The van der Waals surface area contributed by atoms with Crippen LogP contribution in [0.25, 0.3) is 11.3 Å². The van der Waals surface area contributed by atoms with Gasteiger partial charge in [0.2, 0.25) is 0 Å². The number of hydrogen-bond acceptors (Lipinski definition) is 4. The molecule has 1 aliphatic carbocycles. The van der Waals surface area contributed by atoms with Crippen molar-refractivity contribution in [3.63, 3.8) is 0 Å². The van der Waals surface area contributed by atoms with Crippen LogP contribution in [0.3, 0.4) is 0 Å². The third-order valence-electron chi connectivity index (χ3n) is 5.64. The van der Waals surface area contributed by atoms with E-state index in [1.54, 1.807) is 6.07 Å². The van der Waals surface area contributed by atoms with Crippen molar-refractivity contribution < 1.29 is 18.3 Å². The summed E-state index contributed by atoms with van der Waals surface area (Å²) in [6, 6.07) is 3.55. The van der Waals surface area contributed by atoms with Gasteiger partial charge >= 0.3 is 0 Å². The number of aliphatic hydroxyl groups is 1. The number of hydrogen-bond donors (Lipinski definition) is 3. The Kier molecular flexibility index (Phi) is 6.31. The van der Waals surface area contributed by atoms with Crippen LogP contribution in [0, 0.1) is 30.3 Å². The molecule has 1 atom stereocenters. The van der Waals surface area contributed by atoms with Crippen molar-refractivity contribution in [2.45, 2.75) is 45.1 Å². The molecule has 7 heteroatoms. The van der Waals surface area contributed by atoms with Crippen molar-refractivity contribution in [2.24, 2.45) is 11.7 Å². The summed E-state index contributed by atoms with van der Waals surface area (Å²) in [6.45, 7) is 6.23. The zero-order chi connectivity index (χ0) is 21.3. The normalized spacial score (nSPS) is 18.5. The van der Waals surface area contributed by atoms with Crippen LogP contribution in [0.5, 0.6) is 0 Å². The highest BCUT2D eigenvalue weighted by molar-refractivity contribution is 5.64. The maximum atomic E-state index is 15.3. The van der Waals surface area contributed by atoms with Crippen molar-refractivity contribution in [3.8, 4) is 11.3 Å². The zero-order valence-corrected chi connectivity index (χ0v) is 17.0. The van der Waals surface area contributed by atoms with Gasteiger partial charge in [-0.1, -0.05) is 13.8 Å². The summed E-state index contributed by atoms with van der Waals surface area (Å²) in [7, 11) is 0. The van der Waals surface area contributed by atoms with Crippen LogP contribution in [0.15, 0.2) is 18.2 Å².